The molecule has 90 valence electrons. The van der Waals surface area contributed by atoms with Crippen molar-refractivity contribution in [2.45, 2.75) is 13.8 Å². The molecule has 1 amide bonds. The van der Waals surface area contributed by atoms with Gasteiger partial charge in [0, 0.05) is 6.07 Å². The van der Waals surface area contributed by atoms with E-state index < -0.39 is 23.0 Å². The number of carbonyl (C=O) groups is 1. The first-order valence-electron chi connectivity index (χ1n) is 4.65. The molecule has 0 saturated heterocycles. The molecule has 1 aromatic carbocycles. The summed E-state index contributed by atoms with van der Waals surface area (Å²) in [5.74, 6) is -2.31. The lowest BCUT2D eigenvalue weighted by atomic mass is 9.94. The van der Waals surface area contributed by atoms with Crippen LogP contribution in [-0.2, 0) is 4.79 Å². The number of carbonyl (C=O) groups excluding carboxylic acids is 1. The number of benzene rings is 1. The predicted molar refractivity (Wildman–Crippen MR) is 62.1 cm³/mol. The normalized spacial score (nSPS) is 10.8. The second kappa shape index (κ2) is 4.80. The maximum Gasteiger partial charge on any atom is 0.244 e. The van der Waals surface area contributed by atoms with Crippen molar-refractivity contribution in [3.05, 3.63) is 28.2 Å². The van der Waals surface area contributed by atoms with E-state index in [0.717, 1.165) is 6.07 Å². The lowest BCUT2D eigenvalue weighted by Gasteiger charge is -2.15. The number of anilines is 1. The molecule has 0 aliphatic carbocycles. The Bertz CT molecular complexity index is 509. The van der Waals surface area contributed by atoms with Crippen molar-refractivity contribution in [3.63, 3.8) is 0 Å². The summed E-state index contributed by atoms with van der Waals surface area (Å²) in [6.07, 6.45) is 0. The highest BCUT2D eigenvalue weighted by molar-refractivity contribution is 9.10. The number of rotatable bonds is 2. The third-order valence-electron chi connectivity index (χ3n) is 2.11. The van der Waals surface area contributed by atoms with Crippen LogP contribution in [0.15, 0.2) is 16.6 Å². The Labute approximate surface area is 106 Å². The van der Waals surface area contributed by atoms with Crippen molar-refractivity contribution in [3.8, 4) is 6.07 Å². The van der Waals surface area contributed by atoms with Gasteiger partial charge in [-0.2, -0.15) is 5.26 Å². The molecule has 17 heavy (non-hydrogen) atoms. The van der Waals surface area contributed by atoms with E-state index in [0.29, 0.717) is 6.07 Å². The molecular weight excluding hydrogens is 294 g/mol. The van der Waals surface area contributed by atoms with E-state index in [1.54, 1.807) is 6.07 Å². The van der Waals surface area contributed by atoms with Crippen molar-refractivity contribution < 1.29 is 13.6 Å². The monoisotopic (exact) mass is 302 g/mol. The van der Waals surface area contributed by atoms with E-state index in [4.69, 9.17) is 5.26 Å². The largest absolute Gasteiger partial charge is 0.322 e. The molecule has 0 atom stereocenters. The van der Waals surface area contributed by atoms with E-state index >= 15 is 0 Å². The quantitative estimate of drug-likeness (QED) is 0.853. The SMILES string of the molecule is CC(C)(C#N)C(=O)Nc1cc(Br)c(F)cc1F. The molecule has 1 N–H and O–H groups in total. The Hall–Kier alpha value is -1.48. The summed E-state index contributed by atoms with van der Waals surface area (Å²) >= 11 is 2.88. The van der Waals surface area contributed by atoms with Gasteiger partial charge in [-0.25, -0.2) is 8.78 Å². The lowest BCUT2D eigenvalue weighted by Crippen LogP contribution is -2.29. The molecule has 0 saturated carbocycles. The van der Waals surface area contributed by atoms with E-state index in [1.165, 1.54) is 13.8 Å². The van der Waals surface area contributed by atoms with Crippen LogP contribution in [0.3, 0.4) is 0 Å². The molecule has 6 heteroatoms. The maximum absolute atomic E-state index is 13.3. The molecule has 0 aliphatic rings. The number of amides is 1. The summed E-state index contributed by atoms with van der Waals surface area (Å²) < 4.78 is 26.3. The molecule has 0 fully saturated rings. The first-order valence-corrected chi connectivity index (χ1v) is 5.44. The van der Waals surface area contributed by atoms with E-state index in [-0.39, 0.29) is 10.2 Å². The second-order valence-electron chi connectivity index (χ2n) is 3.94. The molecule has 0 radical (unpaired) electrons. The third kappa shape index (κ3) is 3.01. The first kappa shape index (κ1) is 13.6. The Morgan fingerprint density at radius 3 is 2.53 bits per heavy atom. The lowest BCUT2D eigenvalue weighted by molar-refractivity contribution is -0.121. The zero-order valence-electron chi connectivity index (χ0n) is 9.14. The fourth-order valence-corrected chi connectivity index (χ4v) is 1.29. The number of nitrogens with one attached hydrogen (secondary N) is 1. The second-order valence-corrected chi connectivity index (χ2v) is 4.79. The smallest absolute Gasteiger partial charge is 0.244 e. The van der Waals surface area contributed by atoms with Crippen LogP contribution in [-0.4, -0.2) is 5.91 Å². The molecule has 1 aromatic rings. The third-order valence-corrected chi connectivity index (χ3v) is 2.71. The van der Waals surface area contributed by atoms with Crippen molar-refractivity contribution >= 4 is 27.5 Å². The van der Waals surface area contributed by atoms with Crippen LogP contribution in [0.5, 0.6) is 0 Å². The number of nitriles is 1. The molecule has 0 unspecified atom stereocenters. The van der Waals surface area contributed by atoms with Gasteiger partial charge in [-0.3, -0.25) is 4.79 Å². The summed E-state index contributed by atoms with van der Waals surface area (Å²) in [5.41, 5.74) is -1.46. The minimum atomic E-state index is -1.28. The number of hydrogen-bond acceptors (Lipinski definition) is 2. The maximum atomic E-state index is 13.3. The van der Waals surface area contributed by atoms with Gasteiger partial charge in [0.1, 0.15) is 17.0 Å². The number of halogens is 3. The highest BCUT2D eigenvalue weighted by Gasteiger charge is 2.28. The standard InChI is InChI=1S/C11H9BrF2N2O/c1-11(2,5-15)10(17)16-9-3-6(12)7(13)4-8(9)14/h3-4H,1-2H3,(H,16,17). The van der Waals surface area contributed by atoms with E-state index in [9.17, 15) is 13.6 Å². The van der Waals surface area contributed by atoms with Crippen LogP contribution in [0.1, 0.15) is 13.8 Å². The van der Waals surface area contributed by atoms with Gasteiger partial charge in [0.15, 0.2) is 0 Å². The molecule has 3 nitrogen and oxygen atoms in total. The molecule has 0 aliphatic heterocycles. The summed E-state index contributed by atoms with van der Waals surface area (Å²) in [6.45, 7) is 2.80. The molecule has 0 bridgehead atoms. The summed E-state index contributed by atoms with van der Waals surface area (Å²) in [5, 5.41) is 11.0. The highest BCUT2D eigenvalue weighted by atomic mass is 79.9. The Morgan fingerprint density at radius 2 is 2.00 bits per heavy atom. The first-order chi connectivity index (χ1) is 7.77. The van der Waals surface area contributed by atoms with E-state index in [2.05, 4.69) is 21.2 Å². The van der Waals surface area contributed by atoms with Gasteiger partial charge in [-0.1, -0.05) is 0 Å². The van der Waals surface area contributed by atoms with Crippen molar-refractivity contribution in [2.75, 3.05) is 5.32 Å². The van der Waals surface area contributed by atoms with Gasteiger partial charge < -0.3 is 5.32 Å². The van der Waals surface area contributed by atoms with Gasteiger partial charge in [0.05, 0.1) is 16.2 Å². The molecular formula is C11H9BrF2N2O. The van der Waals surface area contributed by atoms with Crippen molar-refractivity contribution in [1.29, 1.82) is 5.26 Å². The van der Waals surface area contributed by atoms with Crippen LogP contribution in [0.4, 0.5) is 14.5 Å². The minimum absolute atomic E-state index is 0.0314. The summed E-state index contributed by atoms with van der Waals surface area (Å²) in [6, 6.07) is 3.55. The van der Waals surface area contributed by atoms with E-state index in [1.807, 2.05) is 0 Å². The van der Waals surface area contributed by atoms with Gasteiger partial charge >= 0.3 is 0 Å². The average molecular weight is 303 g/mol. The van der Waals surface area contributed by atoms with Crippen LogP contribution in [0.25, 0.3) is 0 Å². The number of nitrogens with zero attached hydrogens (tertiary/aromatic N) is 1. The predicted octanol–water partition coefficient (Wildman–Crippen LogP) is 3.22. The molecule has 0 aromatic heterocycles. The fraction of sp³-hybridized carbons (Fsp3) is 0.273. The average Bonchev–Trinajstić information content (AvgIpc) is 2.25. The zero-order chi connectivity index (χ0) is 13.2. The fourth-order valence-electron chi connectivity index (χ4n) is 0.948. The summed E-state index contributed by atoms with van der Waals surface area (Å²) in [4.78, 5) is 11.6. The Balaban J connectivity index is 3.02. The number of hydrogen-bond donors (Lipinski definition) is 1. The Morgan fingerprint density at radius 1 is 1.41 bits per heavy atom. The van der Waals surface area contributed by atoms with Gasteiger partial charge in [-0.05, 0) is 35.8 Å². The summed E-state index contributed by atoms with van der Waals surface area (Å²) in [7, 11) is 0. The van der Waals surface area contributed by atoms with Crippen LogP contribution in [0.2, 0.25) is 0 Å². The van der Waals surface area contributed by atoms with Gasteiger partial charge in [0.2, 0.25) is 5.91 Å². The zero-order valence-corrected chi connectivity index (χ0v) is 10.7. The van der Waals surface area contributed by atoms with Crippen molar-refractivity contribution in [1.82, 2.24) is 0 Å². The van der Waals surface area contributed by atoms with Gasteiger partial charge in [-0.15, -0.1) is 0 Å². The van der Waals surface area contributed by atoms with Crippen molar-refractivity contribution in [2.24, 2.45) is 5.41 Å². The molecule has 0 heterocycles. The van der Waals surface area contributed by atoms with Crippen LogP contribution in [0, 0.1) is 28.4 Å². The topological polar surface area (TPSA) is 52.9 Å². The van der Waals surface area contributed by atoms with Gasteiger partial charge in [0.25, 0.3) is 0 Å². The molecule has 1 rings (SSSR count). The van der Waals surface area contributed by atoms with Crippen LogP contribution < -0.4 is 5.32 Å². The minimum Gasteiger partial charge on any atom is -0.322 e. The highest BCUT2D eigenvalue weighted by Crippen LogP contribution is 2.25. The molecule has 0 spiro atoms. The Kier molecular flexibility index (Phi) is 3.83. The van der Waals surface area contributed by atoms with Crippen LogP contribution >= 0.6 is 15.9 Å².